The molecular formula is C23H30O5. The first-order valence-corrected chi connectivity index (χ1v) is 9.74. The van der Waals surface area contributed by atoms with Crippen molar-refractivity contribution in [3.8, 4) is 17.2 Å². The quantitative estimate of drug-likeness (QED) is 0.703. The average Bonchev–Trinajstić information content (AvgIpc) is 2.63. The summed E-state index contributed by atoms with van der Waals surface area (Å²) in [6, 6.07) is 3.62. The minimum Gasteiger partial charge on any atom is -0.496 e. The zero-order chi connectivity index (χ0) is 21.0. The maximum Gasteiger partial charge on any atom is 0.175 e. The van der Waals surface area contributed by atoms with Gasteiger partial charge < -0.3 is 14.2 Å². The van der Waals surface area contributed by atoms with Crippen LogP contribution < -0.4 is 14.2 Å². The topological polar surface area (TPSA) is 61.8 Å². The summed E-state index contributed by atoms with van der Waals surface area (Å²) < 4.78 is 17.3. The summed E-state index contributed by atoms with van der Waals surface area (Å²) in [5, 5.41) is 0. The lowest BCUT2D eigenvalue weighted by Gasteiger charge is -2.45. The molecule has 3 rings (SSSR count). The van der Waals surface area contributed by atoms with Crippen LogP contribution >= 0.6 is 0 Å². The first-order valence-electron chi connectivity index (χ1n) is 9.74. The lowest BCUT2D eigenvalue weighted by molar-refractivity contribution is -0.144. The fourth-order valence-electron chi connectivity index (χ4n) is 4.52. The van der Waals surface area contributed by atoms with Gasteiger partial charge >= 0.3 is 0 Å². The van der Waals surface area contributed by atoms with E-state index in [0.717, 1.165) is 12.0 Å². The van der Waals surface area contributed by atoms with Gasteiger partial charge in [-0.05, 0) is 40.0 Å². The van der Waals surface area contributed by atoms with Gasteiger partial charge in [-0.25, -0.2) is 0 Å². The number of methoxy groups -OCH3 is 2. The molecule has 1 heterocycles. The maximum absolute atomic E-state index is 13.5. The Morgan fingerprint density at radius 3 is 2.21 bits per heavy atom. The van der Waals surface area contributed by atoms with Gasteiger partial charge in [-0.1, -0.05) is 13.8 Å². The number of fused-ring (bicyclic) bond motifs is 1. The molecule has 0 amide bonds. The van der Waals surface area contributed by atoms with Crippen LogP contribution in [0.2, 0.25) is 0 Å². The molecule has 0 saturated heterocycles. The van der Waals surface area contributed by atoms with Crippen LogP contribution in [-0.2, 0) is 9.59 Å². The van der Waals surface area contributed by atoms with E-state index < -0.39 is 10.8 Å². The molecule has 1 aromatic carbocycles. The minimum absolute atomic E-state index is 0.120. The molecule has 1 unspecified atom stereocenters. The highest BCUT2D eigenvalue weighted by Crippen LogP contribution is 2.56. The summed E-state index contributed by atoms with van der Waals surface area (Å²) in [5.41, 5.74) is -0.516. The molecule has 0 fully saturated rings. The highest BCUT2D eigenvalue weighted by Gasteiger charge is 2.57. The molecule has 0 aromatic heterocycles. The zero-order valence-corrected chi connectivity index (χ0v) is 18.1. The summed E-state index contributed by atoms with van der Waals surface area (Å²) in [4.78, 5) is 26.6. The van der Waals surface area contributed by atoms with Crippen molar-refractivity contribution in [2.45, 2.75) is 53.9 Å². The Kier molecular flexibility index (Phi) is 4.85. The van der Waals surface area contributed by atoms with E-state index in [1.165, 1.54) is 0 Å². The molecule has 5 nitrogen and oxygen atoms in total. The van der Waals surface area contributed by atoms with Crippen LogP contribution in [0, 0.1) is 16.7 Å². The first-order chi connectivity index (χ1) is 13.0. The molecule has 0 spiro atoms. The van der Waals surface area contributed by atoms with Crippen molar-refractivity contribution in [2.75, 3.05) is 14.2 Å². The Hall–Kier alpha value is -2.30. The number of Topliss-reactive ketones (excluding diaryl/α,β-unsaturated/α-hetero) is 2. The van der Waals surface area contributed by atoms with E-state index in [1.54, 1.807) is 34.1 Å². The number of carbonyl (C=O) groups excluding carboxylic acids is 2. The molecule has 1 aromatic rings. The lowest BCUT2D eigenvalue weighted by Crippen LogP contribution is -2.51. The molecule has 152 valence electrons. The summed E-state index contributed by atoms with van der Waals surface area (Å²) >= 11 is 0. The van der Waals surface area contributed by atoms with E-state index in [1.807, 2.05) is 19.9 Å². The van der Waals surface area contributed by atoms with Crippen LogP contribution in [0.1, 0.15) is 59.4 Å². The van der Waals surface area contributed by atoms with Gasteiger partial charge in [0, 0.05) is 29.2 Å². The smallest absolute Gasteiger partial charge is 0.175 e. The Balaban J connectivity index is 2.33. The van der Waals surface area contributed by atoms with E-state index in [2.05, 4.69) is 13.8 Å². The second kappa shape index (κ2) is 6.64. The van der Waals surface area contributed by atoms with Crippen molar-refractivity contribution in [3.05, 3.63) is 29.0 Å². The van der Waals surface area contributed by atoms with Gasteiger partial charge in [0.1, 0.15) is 23.0 Å². The highest BCUT2D eigenvalue weighted by atomic mass is 16.5. The molecule has 2 aliphatic rings. The number of hydrogen-bond donors (Lipinski definition) is 0. The standard InChI is InChI=1S/C23H30O5/c1-12(2)9-14-17-15(27-8)10-13(26-7)11-16(17)28-20-18(14)19(24)22(3,4)21(25)23(20,5)6/h10-12,14H,9H2,1-8H3. The molecule has 1 aliphatic heterocycles. The second-order valence-corrected chi connectivity index (χ2v) is 9.18. The number of ether oxygens (including phenoxy) is 3. The lowest BCUT2D eigenvalue weighted by atomic mass is 9.60. The summed E-state index contributed by atoms with van der Waals surface area (Å²) in [6.45, 7) is 11.4. The number of rotatable bonds is 4. The van der Waals surface area contributed by atoms with Crippen molar-refractivity contribution >= 4 is 11.6 Å². The molecule has 1 aliphatic carbocycles. The van der Waals surface area contributed by atoms with Gasteiger partial charge in [-0.2, -0.15) is 0 Å². The average molecular weight is 386 g/mol. The third kappa shape index (κ3) is 2.83. The number of allylic oxidation sites excluding steroid dienone is 2. The first kappa shape index (κ1) is 20.4. The second-order valence-electron chi connectivity index (χ2n) is 9.18. The SMILES string of the molecule is COc1cc(OC)c2c(c1)OC1=C(C(=O)C(C)(C)C(=O)C1(C)C)C2CC(C)C. The van der Waals surface area contributed by atoms with Gasteiger partial charge in [0.05, 0.1) is 25.0 Å². The summed E-state index contributed by atoms with van der Waals surface area (Å²) in [7, 11) is 3.19. The van der Waals surface area contributed by atoms with Crippen molar-refractivity contribution in [2.24, 2.45) is 16.7 Å². The van der Waals surface area contributed by atoms with Crippen molar-refractivity contribution < 1.29 is 23.8 Å². The van der Waals surface area contributed by atoms with Crippen LogP contribution in [-0.4, -0.2) is 25.8 Å². The summed E-state index contributed by atoms with van der Waals surface area (Å²) in [6.07, 6.45) is 0.754. The van der Waals surface area contributed by atoms with E-state index in [-0.39, 0.29) is 17.5 Å². The highest BCUT2D eigenvalue weighted by molar-refractivity contribution is 6.19. The minimum atomic E-state index is -1.09. The van der Waals surface area contributed by atoms with Crippen LogP contribution in [0.4, 0.5) is 0 Å². The predicted octanol–water partition coefficient (Wildman–Crippen LogP) is 4.68. The van der Waals surface area contributed by atoms with Crippen LogP contribution in [0.5, 0.6) is 17.2 Å². The van der Waals surface area contributed by atoms with Crippen LogP contribution in [0.3, 0.4) is 0 Å². The molecule has 0 radical (unpaired) electrons. The number of carbonyl (C=O) groups is 2. The van der Waals surface area contributed by atoms with Gasteiger partial charge in [-0.3, -0.25) is 9.59 Å². The van der Waals surface area contributed by atoms with E-state index >= 15 is 0 Å². The molecule has 0 N–H and O–H groups in total. The van der Waals surface area contributed by atoms with Crippen molar-refractivity contribution in [1.82, 2.24) is 0 Å². The van der Waals surface area contributed by atoms with Gasteiger partial charge in [0.25, 0.3) is 0 Å². The molecule has 5 heteroatoms. The van der Waals surface area contributed by atoms with Crippen LogP contribution in [0.25, 0.3) is 0 Å². The third-order valence-electron chi connectivity index (χ3n) is 5.91. The molecule has 28 heavy (non-hydrogen) atoms. The number of ketones is 2. The number of benzene rings is 1. The van der Waals surface area contributed by atoms with Gasteiger partial charge in [0.15, 0.2) is 11.6 Å². The van der Waals surface area contributed by atoms with Gasteiger partial charge in [-0.15, -0.1) is 0 Å². The predicted molar refractivity (Wildman–Crippen MR) is 107 cm³/mol. The van der Waals surface area contributed by atoms with E-state index in [9.17, 15) is 9.59 Å². The fraction of sp³-hybridized carbons (Fsp3) is 0.565. The third-order valence-corrected chi connectivity index (χ3v) is 5.91. The number of hydrogen-bond acceptors (Lipinski definition) is 5. The fourth-order valence-corrected chi connectivity index (χ4v) is 4.52. The van der Waals surface area contributed by atoms with E-state index in [4.69, 9.17) is 14.2 Å². The summed E-state index contributed by atoms with van der Waals surface area (Å²) in [5.74, 6) is 2.17. The Labute approximate surface area is 167 Å². The van der Waals surface area contributed by atoms with Crippen molar-refractivity contribution in [3.63, 3.8) is 0 Å². The molecular weight excluding hydrogens is 356 g/mol. The Morgan fingerprint density at radius 2 is 1.68 bits per heavy atom. The van der Waals surface area contributed by atoms with E-state index in [0.29, 0.717) is 34.5 Å². The van der Waals surface area contributed by atoms with Crippen LogP contribution in [0.15, 0.2) is 23.5 Å². The maximum atomic E-state index is 13.5. The molecule has 0 bridgehead atoms. The Bertz CT molecular complexity index is 873. The molecule has 1 atom stereocenters. The monoisotopic (exact) mass is 386 g/mol. The largest absolute Gasteiger partial charge is 0.496 e. The Morgan fingerprint density at radius 1 is 1.04 bits per heavy atom. The van der Waals surface area contributed by atoms with Crippen molar-refractivity contribution in [1.29, 1.82) is 0 Å². The normalized spacial score (nSPS) is 22.5. The zero-order valence-electron chi connectivity index (χ0n) is 18.1. The van der Waals surface area contributed by atoms with Gasteiger partial charge in [0.2, 0.25) is 0 Å². The molecule has 0 saturated carbocycles.